The van der Waals surface area contributed by atoms with Gasteiger partial charge in [0.1, 0.15) is 5.82 Å². The monoisotopic (exact) mass is 225 g/mol. The molecule has 0 aromatic heterocycles. The van der Waals surface area contributed by atoms with Crippen LogP contribution in [0.3, 0.4) is 0 Å². The highest BCUT2D eigenvalue weighted by atomic mass is 19.1. The van der Waals surface area contributed by atoms with Gasteiger partial charge in [0.15, 0.2) is 6.29 Å². The Labute approximate surface area is 94.3 Å². The minimum Gasteiger partial charge on any atom is -0.350 e. The van der Waals surface area contributed by atoms with Gasteiger partial charge in [-0.15, -0.1) is 0 Å². The molecule has 0 aliphatic carbocycles. The Morgan fingerprint density at radius 2 is 2.12 bits per heavy atom. The molecule has 1 aliphatic heterocycles. The summed E-state index contributed by atoms with van der Waals surface area (Å²) in [5.41, 5.74) is 7.54. The summed E-state index contributed by atoms with van der Waals surface area (Å²) in [6.45, 7) is 2.98. The maximum Gasteiger partial charge on any atom is 0.159 e. The van der Waals surface area contributed by atoms with Crippen molar-refractivity contribution in [2.24, 2.45) is 5.73 Å². The zero-order valence-electron chi connectivity index (χ0n) is 9.28. The molecular weight excluding hydrogens is 209 g/mol. The van der Waals surface area contributed by atoms with Crippen LogP contribution in [0.15, 0.2) is 18.2 Å². The number of hydrogen-bond donors (Lipinski definition) is 1. The van der Waals surface area contributed by atoms with Crippen LogP contribution in [0.1, 0.15) is 23.6 Å². The van der Waals surface area contributed by atoms with Crippen molar-refractivity contribution in [3.8, 4) is 0 Å². The Kier molecular flexibility index (Phi) is 3.53. The van der Waals surface area contributed by atoms with E-state index >= 15 is 0 Å². The minimum absolute atomic E-state index is 0.178. The number of rotatable bonds is 3. The molecule has 1 saturated heterocycles. The van der Waals surface area contributed by atoms with E-state index in [1.165, 1.54) is 6.07 Å². The summed E-state index contributed by atoms with van der Waals surface area (Å²) < 4.78 is 23.7. The SMILES string of the molecule is Cc1cc(C(N)CC2OCCO2)ccc1F. The van der Waals surface area contributed by atoms with Crippen molar-refractivity contribution in [1.82, 2.24) is 0 Å². The van der Waals surface area contributed by atoms with Gasteiger partial charge in [0, 0.05) is 12.5 Å². The van der Waals surface area contributed by atoms with Crippen LogP contribution in [0.2, 0.25) is 0 Å². The first-order chi connectivity index (χ1) is 7.66. The van der Waals surface area contributed by atoms with Gasteiger partial charge >= 0.3 is 0 Å². The third-order valence-corrected chi connectivity index (χ3v) is 2.75. The summed E-state index contributed by atoms with van der Waals surface area (Å²) in [7, 11) is 0. The number of aryl methyl sites for hydroxylation is 1. The van der Waals surface area contributed by atoms with E-state index in [9.17, 15) is 4.39 Å². The molecule has 1 aliphatic rings. The fourth-order valence-corrected chi connectivity index (χ4v) is 1.79. The molecule has 1 fully saturated rings. The Hall–Kier alpha value is -0.970. The van der Waals surface area contributed by atoms with E-state index in [4.69, 9.17) is 15.2 Å². The summed E-state index contributed by atoms with van der Waals surface area (Å²) >= 11 is 0. The highest BCUT2D eigenvalue weighted by Crippen LogP contribution is 2.21. The van der Waals surface area contributed by atoms with Crippen LogP contribution in [-0.4, -0.2) is 19.5 Å². The van der Waals surface area contributed by atoms with Crippen molar-refractivity contribution in [2.75, 3.05) is 13.2 Å². The zero-order chi connectivity index (χ0) is 11.5. The Bertz CT molecular complexity index is 364. The van der Waals surface area contributed by atoms with Gasteiger partial charge in [-0.25, -0.2) is 4.39 Å². The van der Waals surface area contributed by atoms with Crippen LogP contribution in [0, 0.1) is 12.7 Å². The average molecular weight is 225 g/mol. The van der Waals surface area contributed by atoms with Crippen molar-refractivity contribution in [1.29, 1.82) is 0 Å². The van der Waals surface area contributed by atoms with Crippen LogP contribution in [0.5, 0.6) is 0 Å². The van der Waals surface area contributed by atoms with E-state index in [2.05, 4.69) is 0 Å². The normalized spacial score (nSPS) is 18.9. The second kappa shape index (κ2) is 4.91. The Balaban J connectivity index is 2.02. The van der Waals surface area contributed by atoms with Crippen molar-refractivity contribution < 1.29 is 13.9 Å². The lowest BCUT2D eigenvalue weighted by molar-refractivity contribution is -0.0507. The van der Waals surface area contributed by atoms with Crippen molar-refractivity contribution in [3.63, 3.8) is 0 Å². The highest BCUT2D eigenvalue weighted by molar-refractivity contribution is 5.26. The number of halogens is 1. The maximum atomic E-state index is 13.1. The van der Waals surface area contributed by atoms with E-state index in [1.807, 2.05) is 0 Å². The molecule has 3 nitrogen and oxygen atoms in total. The summed E-state index contributed by atoms with van der Waals surface area (Å²) in [5, 5.41) is 0. The maximum absolute atomic E-state index is 13.1. The van der Waals surface area contributed by atoms with E-state index in [1.54, 1.807) is 19.1 Å². The molecule has 2 N–H and O–H groups in total. The number of hydrogen-bond acceptors (Lipinski definition) is 3. The van der Waals surface area contributed by atoms with Crippen LogP contribution >= 0.6 is 0 Å². The van der Waals surface area contributed by atoms with E-state index in [0.29, 0.717) is 25.2 Å². The third-order valence-electron chi connectivity index (χ3n) is 2.75. The van der Waals surface area contributed by atoms with Crippen molar-refractivity contribution in [3.05, 3.63) is 35.1 Å². The highest BCUT2D eigenvalue weighted by Gasteiger charge is 2.20. The Morgan fingerprint density at radius 3 is 2.75 bits per heavy atom. The fourth-order valence-electron chi connectivity index (χ4n) is 1.79. The van der Waals surface area contributed by atoms with Gasteiger partial charge in [-0.2, -0.15) is 0 Å². The van der Waals surface area contributed by atoms with Crippen molar-refractivity contribution in [2.45, 2.75) is 25.7 Å². The van der Waals surface area contributed by atoms with Crippen LogP contribution in [0.4, 0.5) is 4.39 Å². The predicted molar refractivity (Wildman–Crippen MR) is 58.4 cm³/mol. The molecule has 1 aromatic carbocycles. The summed E-state index contributed by atoms with van der Waals surface area (Å²) in [4.78, 5) is 0. The molecule has 1 heterocycles. The molecule has 0 bridgehead atoms. The van der Waals surface area contributed by atoms with Gasteiger partial charge in [0.25, 0.3) is 0 Å². The molecule has 1 aromatic rings. The summed E-state index contributed by atoms with van der Waals surface area (Å²) in [5.74, 6) is -0.204. The lowest BCUT2D eigenvalue weighted by Gasteiger charge is -2.16. The lowest BCUT2D eigenvalue weighted by Crippen LogP contribution is -2.19. The van der Waals surface area contributed by atoms with Gasteiger partial charge in [-0.1, -0.05) is 12.1 Å². The van der Waals surface area contributed by atoms with Crippen LogP contribution in [0.25, 0.3) is 0 Å². The molecule has 1 unspecified atom stereocenters. The van der Waals surface area contributed by atoms with E-state index in [-0.39, 0.29) is 18.1 Å². The second-order valence-corrected chi connectivity index (χ2v) is 4.02. The minimum atomic E-state index is -0.222. The van der Waals surface area contributed by atoms with E-state index in [0.717, 1.165) is 5.56 Å². The second-order valence-electron chi connectivity index (χ2n) is 4.02. The molecule has 0 saturated carbocycles. The smallest absolute Gasteiger partial charge is 0.159 e. The molecular formula is C12H16FNO2. The summed E-state index contributed by atoms with van der Waals surface area (Å²) in [6, 6.07) is 4.75. The van der Waals surface area contributed by atoms with Crippen LogP contribution in [-0.2, 0) is 9.47 Å². The van der Waals surface area contributed by atoms with Gasteiger partial charge in [-0.3, -0.25) is 0 Å². The largest absolute Gasteiger partial charge is 0.350 e. The fraction of sp³-hybridized carbons (Fsp3) is 0.500. The first-order valence-electron chi connectivity index (χ1n) is 5.41. The quantitative estimate of drug-likeness (QED) is 0.854. The number of ether oxygens (including phenoxy) is 2. The van der Waals surface area contributed by atoms with E-state index < -0.39 is 0 Å². The van der Waals surface area contributed by atoms with Gasteiger partial charge in [0.2, 0.25) is 0 Å². The number of nitrogens with two attached hydrogens (primary N) is 1. The number of benzene rings is 1. The molecule has 16 heavy (non-hydrogen) atoms. The predicted octanol–water partition coefficient (Wildman–Crippen LogP) is 1.90. The van der Waals surface area contributed by atoms with Crippen molar-refractivity contribution >= 4 is 0 Å². The van der Waals surface area contributed by atoms with Gasteiger partial charge in [0.05, 0.1) is 13.2 Å². The average Bonchev–Trinajstić information content (AvgIpc) is 2.74. The third kappa shape index (κ3) is 2.58. The Morgan fingerprint density at radius 1 is 1.44 bits per heavy atom. The molecule has 2 rings (SSSR count). The molecule has 4 heteroatoms. The van der Waals surface area contributed by atoms with Gasteiger partial charge in [-0.05, 0) is 24.1 Å². The molecule has 88 valence electrons. The van der Waals surface area contributed by atoms with Crippen LogP contribution < -0.4 is 5.73 Å². The molecule has 1 atom stereocenters. The lowest BCUT2D eigenvalue weighted by atomic mass is 10.0. The standard InChI is InChI=1S/C12H16FNO2/c1-8-6-9(2-3-10(8)13)11(14)7-12-15-4-5-16-12/h2-3,6,11-12H,4-5,7,14H2,1H3. The first kappa shape index (κ1) is 11.5. The first-order valence-corrected chi connectivity index (χ1v) is 5.41. The van der Waals surface area contributed by atoms with Gasteiger partial charge < -0.3 is 15.2 Å². The molecule has 0 spiro atoms. The molecule has 0 radical (unpaired) electrons. The summed E-state index contributed by atoms with van der Waals surface area (Å²) in [6.07, 6.45) is 0.380. The zero-order valence-corrected chi connectivity index (χ0v) is 9.28. The topological polar surface area (TPSA) is 44.5 Å². The molecule has 0 amide bonds.